The lowest BCUT2D eigenvalue weighted by Gasteiger charge is -2.25. The van der Waals surface area contributed by atoms with Gasteiger partial charge in [-0.3, -0.25) is 9.10 Å². The summed E-state index contributed by atoms with van der Waals surface area (Å²) in [5, 5.41) is 2.80. The molecule has 3 aromatic rings. The van der Waals surface area contributed by atoms with Crippen molar-refractivity contribution in [2.24, 2.45) is 0 Å². The molecule has 0 aliphatic rings. The number of benzene rings is 3. The Morgan fingerprint density at radius 1 is 0.906 bits per heavy atom. The summed E-state index contributed by atoms with van der Waals surface area (Å²) in [6.07, 6.45) is 0. The highest BCUT2D eigenvalue weighted by Crippen LogP contribution is 2.26. The lowest BCUT2D eigenvalue weighted by molar-refractivity contribution is -0.114. The standard InChI is InChI=1S/C25H28N2O4S/c1-18-8-10-24(11-9-18)32(29,30)27(23-13-19(2)12-20(3)14-23)16-25(28)26-22-7-5-6-21(15-22)17-31-4/h5-15H,16-17H2,1-4H3,(H,26,28). The van der Waals surface area contributed by atoms with Crippen molar-refractivity contribution in [1.29, 1.82) is 0 Å². The van der Waals surface area contributed by atoms with Crippen molar-refractivity contribution in [2.75, 3.05) is 23.3 Å². The number of amides is 1. The van der Waals surface area contributed by atoms with Crippen molar-refractivity contribution < 1.29 is 17.9 Å². The number of carbonyl (C=O) groups excluding carboxylic acids is 1. The molecular weight excluding hydrogens is 424 g/mol. The molecule has 3 rings (SSSR count). The van der Waals surface area contributed by atoms with Gasteiger partial charge >= 0.3 is 0 Å². The van der Waals surface area contributed by atoms with Crippen LogP contribution in [0.1, 0.15) is 22.3 Å². The van der Waals surface area contributed by atoms with Gasteiger partial charge in [0.25, 0.3) is 10.0 Å². The number of nitrogens with zero attached hydrogens (tertiary/aromatic N) is 1. The average Bonchev–Trinajstić information content (AvgIpc) is 2.72. The van der Waals surface area contributed by atoms with Crippen molar-refractivity contribution in [2.45, 2.75) is 32.3 Å². The molecule has 168 valence electrons. The molecule has 6 nitrogen and oxygen atoms in total. The number of nitrogens with one attached hydrogen (secondary N) is 1. The van der Waals surface area contributed by atoms with Crippen LogP contribution in [-0.4, -0.2) is 28.0 Å². The first-order valence-corrected chi connectivity index (χ1v) is 11.7. The smallest absolute Gasteiger partial charge is 0.264 e. The Balaban J connectivity index is 1.94. The largest absolute Gasteiger partial charge is 0.380 e. The number of hydrogen-bond donors (Lipinski definition) is 1. The van der Waals surface area contributed by atoms with Crippen molar-refractivity contribution in [3.63, 3.8) is 0 Å². The van der Waals surface area contributed by atoms with Crippen LogP contribution in [0.3, 0.4) is 0 Å². The normalized spacial score (nSPS) is 11.2. The van der Waals surface area contributed by atoms with Crippen molar-refractivity contribution in [1.82, 2.24) is 0 Å². The molecule has 0 aliphatic heterocycles. The third-order valence-electron chi connectivity index (χ3n) is 4.91. The monoisotopic (exact) mass is 452 g/mol. The highest BCUT2D eigenvalue weighted by Gasteiger charge is 2.27. The summed E-state index contributed by atoms with van der Waals surface area (Å²) >= 11 is 0. The van der Waals surface area contributed by atoms with E-state index in [1.807, 2.05) is 39.0 Å². The van der Waals surface area contributed by atoms with Crippen LogP contribution in [0, 0.1) is 20.8 Å². The Hall–Kier alpha value is -3.16. The number of rotatable bonds is 8. The van der Waals surface area contributed by atoms with Crippen LogP contribution >= 0.6 is 0 Å². The van der Waals surface area contributed by atoms with Gasteiger partial charge in [0.15, 0.2) is 0 Å². The second kappa shape index (κ2) is 9.97. The fraction of sp³-hybridized carbons (Fsp3) is 0.240. The first-order chi connectivity index (χ1) is 15.2. The first kappa shape index (κ1) is 23.5. The van der Waals surface area contributed by atoms with E-state index in [1.165, 1.54) is 0 Å². The van der Waals surface area contributed by atoms with Gasteiger partial charge in [0.1, 0.15) is 6.54 Å². The summed E-state index contributed by atoms with van der Waals surface area (Å²) in [7, 11) is -2.36. The summed E-state index contributed by atoms with van der Waals surface area (Å²) < 4.78 is 33.3. The maximum atomic E-state index is 13.5. The predicted molar refractivity (Wildman–Crippen MR) is 127 cm³/mol. The summed E-state index contributed by atoms with van der Waals surface area (Å²) in [5.74, 6) is -0.436. The van der Waals surface area contributed by atoms with E-state index >= 15 is 0 Å². The van der Waals surface area contributed by atoms with E-state index in [1.54, 1.807) is 55.6 Å². The van der Waals surface area contributed by atoms with Crippen molar-refractivity contribution >= 4 is 27.3 Å². The lowest BCUT2D eigenvalue weighted by atomic mass is 10.1. The zero-order chi connectivity index (χ0) is 23.3. The van der Waals surface area contributed by atoms with Gasteiger partial charge in [-0.1, -0.05) is 35.9 Å². The maximum absolute atomic E-state index is 13.5. The third kappa shape index (κ3) is 5.75. The molecule has 1 amide bonds. The minimum absolute atomic E-state index is 0.136. The van der Waals surface area contributed by atoms with Crippen LogP contribution in [0.15, 0.2) is 71.6 Å². The van der Waals surface area contributed by atoms with Crippen LogP contribution in [0.2, 0.25) is 0 Å². The molecule has 0 spiro atoms. The van der Waals surface area contributed by atoms with E-state index in [4.69, 9.17) is 4.74 Å². The number of aryl methyl sites for hydroxylation is 3. The SMILES string of the molecule is COCc1cccc(NC(=O)CN(c2cc(C)cc(C)c2)S(=O)(=O)c2ccc(C)cc2)c1. The Bertz CT molecular complexity index is 1180. The van der Waals surface area contributed by atoms with Gasteiger partial charge in [0.2, 0.25) is 5.91 Å². The molecule has 0 aliphatic carbocycles. The molecule has 32 heavy (non-hydrogen) atoms. The number of methoxy groups -OCH3 is 1. The second-order valence-corrected chi connectivity index (χ2v) is 9.71. The molecule has 0 saturated heterocycles. The lowest BCUT2D eigenvalue weighted by Crippen LogP contribution is -2.38. The summed E-state index contributed by atoms with van der Waals surface area (Å²) in [6.45, 7) is 5.75. The van der Waals surface area contributed by atoms with E-state index in [9.17, 15) is 13.2 Å². The summed E-state index contributed by atoms with van der Waals surface area (Å²) in [6, 6.07) is 19.4. The van der Waals surface area contributed by atoms with Gasteiger partial charge in [-0.2, -0.15) is 0 Å². The second-order valence-electron chi connectivity index (χ2n) is 7.85. The van der Waals surface area contributed by atoms with Gasteiger partial charge < -0.3 is 10.1 Å². The van der Waals surface area contributed by atoms with E-state index in [-0.39, 0.29) is 11.4 Å². The summed E-state index contributed by atoms with van der Waals surface area (Å²) in [4.78, 5) is 13.1. The van der Waals surface area contributed by atoms with Crippen molar-refractivity contribution in [3.8, 4) is 0 Å². The van der Waals surface area contributed by atoms with Gasteiger partial charge in [-0.15, -0.1) is 0 Å². The maximum Gasteiger partial charge on any atom is 0.264 e. The quantitative estimate of drug-likeness (QED) is 0.542. The molecular formula is C25H28N2O4S. The number of anilines is 2. The zero-order valence-corrected chi connectivity index (χ0v) is 19.6. The molecule has 0 aromatic heterocycles. The van der Waals surface area contributed by atoms with Gasteiger partial charge in [-0.25, -0.2) is 8.42 Å². The fourth-order valence-electron chi connectivity index (χ4n) is 3.48. The topological polar surface area (TPSA) is 75.7 Å². The van der Waals surface area contributed by atoms with Crippen LogP contribution in [0.4, 0.5) is 11.4 Å². The molecule has 1 N–H and O–H groups in total. The minimum Gasteiger partial charge on any atom is -0.380 e. The molecule has 0 atom stereocenters. The van der Waals surface area contributed by atoms with Crippen LogP contribution < -0.4 is 9.62 Å². The third-order valence-corrected chi connectivity index (χ3v) is 6.70. The number of hydrogen-bond acceptors (Lipinski definition) is 4. The first-order valence-electron chi connectivity index (χ1n) is 10.2. The molecule has 0 unspecified atom stereocenters. The van der Waals surface area contributed by atoms with Gasteiger partial charge in [0.05, 0.1) is 17.2 Å². The molecule has 0 saturated carbocycles. The van der Waals surface area contributed by atoms with E-state index in [0.29, 0.717) is 18.0 Å². The Kier molecular flexibility index (Phi) is 7.33. The molecule has 0 radical (unpaired) electrons. The number of sulfonamides is 1. The molecule has 0 heterocycles. The fourth-order valence-corrected chi connectivity index (χ4v) is 4.89. The van der Waals surface area contributed by atoms with Gasteiger partial charge in [-0.05, 0) is 73.9 Å². The van der Waals surface area contributed by atoms with Crippen molar-refractivity contribution in [3.05, 3.63) is 89.0 Å². The van der Waals surface area contributed by atoms with Gasteiger partial charge in [0, 0.05) is 12.8 Å². The van der Waals surface area contributed by atoms with Crippen LogP contribution in [-0.2, 0) is 26.2 Å². The average molecular weight is 453 g/mol. The van der Waals surface area contributed by atoms with Crippen LogP contribution in [0.25, 0.3) is 0 Å². The minimum atomic E-state index is -3.96. The summed E-state index contributed by atoms with van der Waals surface area (Å²) in [5.41, 5.74) is 4.72. The zero-order valence-electron chi connectivity index (χ0n) is 18.8. The van der Waals surface area contributed by atoms with Crippen LogP contribution in [0.5, 0.6) is 0 Å². The molecule has 7 heteroatoms. The van der Waals surface area contributed by atoms with E-state index in [0.717, 1.165) is 26.6 Å². The Morgan fingerprint density at radius 2 is 1.56 bits per heavy atom. The predicted octanol–water partition coefficient (Wildman–Crippen LogP) is 4.59. The Morgan fingerprint density at radius 3 is 2.19 bits per heavy atom. The van der Waals surface area contributed by atoms with E-state index < -0.39 is 15.9 Å². The number of carbonyl (C=O) groups is 1. The molecule has 0 fully saturated rings. The molecule has 3 aromatic carbocycles. The number of ether oxygens (including phenoxy) is 1. The van der Waals surface area contributed by atoms with E-state index in [2.05, 4.69) is 5.32 Å². The highest BCUT2D eigenvalue weighted by atomic mass is 32.2. The highest BCUT2D eigenvalue weighted by molar-refractivity contribution is 7.92. The Labute approximate surface area is 189 Å². The molecule has 0 bridgehead atoms.